The van der Waals surface area contributed by atoms with Gasteiger partial charge in [-0.15, -0.1) is 0 Å². The van der Waals surface area contributed by atoms with Gasteiger partial charge in [-0.05, 0) is 31.0 Å². The van der Waals surface area contributed by atoms with Crippen molar-refractivity contribution in [2.45, 2.75) is 58.7 Å². The molecule has 0 spiro atoms. The third-order valence-corrected chi connectivity index (χ3v) is 3.53. The SMILES string of the molecule is CCCCCCC(C)OCc1ccc([N+](=O)[O-])c(NC)c1. The van der Waals surface area contributed by atoms with Crippen LogP contribution in [0.4, 0.5) is 11.4 Å². The molecule has 0 aliphatic rings. The van der Waals surface area contributed by atoms with E-state index in [1.807, 2.05) is 0 Å². The van der Waals surface area contributed by atoms with Crippen LogP contribution in [0.5, 0.6) is 0 Å². The molecule has 0 saturated carbocycles. The first-order chi connectivity index (χ1) is 10.1. The highest BCUT2D eigenvalue weighted by atomic mass is 16.6. The Morgan fingerprint density at radius 1 is 1.33 bits per heavy atom. The average molecular weight is 294 g/mol. The van der Waals surface area contributed by atoms with Crippen molar-refractivity contribution in [3.8, 4) is 0 Å². The van der Waals surface area contributed by atoms with Crippen molar-refractivity contribution < 1.29 is 9.66 Å². The fourth-order valence-electron chi connectivity index (χ4n) is 2.21. The monoisotopic (exact) mass is 294 g/mol. The van der Waals surface area contributed by atoms with Crippen molar-refractivity contribution >= 4 is 11.4 Å². The number of hydrogen-bond donors (Lipinski definition) is 1. The molecule has 5 heteroatoms. The highest BCUT2D eigenvalue weighted by Crippen LogP contribution is 2.25. The molecule has 0 amide bonds. The molecule has 118 valence electrons. The molecule has 21 heavy (non-hydrogen) atoms. The van der Waals surface area contributed by atoms with Crippen LogP contribution in [0.1, 0.15) is 51.5 Å². The van der Waals surface area contributed by atoms with Gasteiger partial charge in [-0.3, -0.25) is 10.1 Å². The fourth-order valence-corrected chi connectivity index (χ4v) is 2.21. The van der Waals surface area contributed by atoms with Gasteiger partial charge in [0.25, 0.3) is 5.69 Å². The van der Waals surface area contributed by atoms with Gasteiger partial charge in [0.1, 0.15) is 5.69 Å². The summed E-state index contributed by atoms with van der Waals surface area (Å²) in [7, 11) is 1.68. The van der Waals surface area contributed by atoms with E-state index in [-0.39, 0.29) is 16.7 Å². The second-order valence-electron chi connectivity index (χ2n) is 5.33. The lowest BCUT2D eigenvalue weighted by Crippen LogP contribution is -2.08. The van der Waals surface area contributed by atoms with Gasteiger partial charge in [0.05, 0.1) is 17.6 Å². The minimum Gasteiger partial charge on any atom is -0.383 e. The second kappa shape index (κ2) is 9.34. The Labute approximate surface area is 126 Å². The number of nitrogens with zero attached hydrogens (tertiary/aromatic N) is 1. The molecular weight excluding hydrogens is 268 g/mol. The predicted octanol–water partition coefficient (Wildman–Crippen LogP) is 4.51. The number of nitro benzene ring substituents is 1. The van der Waals surface area contributed by atoms with Gasteiger partial charge >= 0.3 is 0 Å². The van der Waals surface area contributed by atoms with Crippen molar-refractivity contribution in [3.63, 3.8) is 0 Å². The van der Waals surface area contributed by atoms with E-state index in [1.54, 1.807) is 19.2 Å². The summed E-state index contributed by atoms with van der Waals surface area (Å²) >= 11 is 0. The third-order valence-electron chi connectivity index (χ3n) is 3.53. The highest BCUT2D eigenvalue weighted by molar-refractivity contribution is 5.62. The minimum absolute atomic E-state index is 0.0915. The first kappa shape index (κ1) is 17.4. The van der Waals surface area contributed by atoms with E-state index in [4.69, 9.17) is 4.74 Å². The number of unbranched alkanes of at least 4 members (excludes halogenated alkanes) is 3. The van der Waals surface area contributed by atoms with E-state index >= 15 is 0 Å². The van der Waals surface area contributed by atoms with Gasteiger partial charge in [-0.25, -0.2) is 0 Å². The fraction of sp³-hybridized carbons (Fsp3) is 0.625. The van der Waals surface area contributed by atoms with Gasteiger partial charge in [0, 0.05) is 13.1 Å². The average Bonchev–Trinajstić information content (AvgIpc) is 2.49. The molecule has 1 aromatic rings. The van der Waals surface area contributed by atoms with Crippen LogP contribution in [-0.4, -0.2) is 18.1 Å². The topological polar surface area (TPSA) is 64.4 Å². The lowest BCUT2D eigenvalue weighted by atomic mass is 10.1. The van der Waals surface area contributed by atoms with E-state index in [9.17, 15) is 10.1 Å². The Balaban J connectivity index is 2.46. The van der Waals surface area contributed by atoms with Crippen LogP contribution in [-0.2, 0) is 11.3 Å². The highest BCUT2D eigenvalue weighted by Gasteiger charge is 2.13. The summed E-state index contributed by atoms with van der Waals surface area (Å²) in [6.07, 6.45) is 6.25. The Hall–Kier alpha value is -1.62. The zero-order valence-electron chi connectivity index (χ0n) is 13.2. The molecule has 1 aromatic carbocycles. The summed E-state index contributed by atoms with van der Waals surface area (Å²) in [5.41, 5.74) is 1.57. The molecule has 0 fully saturated rings. The molecular formula is C16H26N2O3. The molecule has 1 N–H and O–H groups in total. The minimum atomic E-state index is -0.382. The van der Waals surface area contributed by atoms with E-state index < -0.39 is 0 Å². The van der Waals surface area contributed by atoms with Crippen LogP contribution in [0.15, 0.2) is 18.2 Å². The Kier molecular flexibility index (Phi) is 7.75. The largest absolute Gasteiger partial charge is 0.383 e. The Bertz CT molecular complexity index is 449. The Morgan fingerprint density at radius 2 is 2.10 bits per heavy atom. The van der Waals surface area contributed by atoms with Gasteiger partial charge in [-0.1, -0.05) is 32.6 Å². The smallest absolute Gasteiger partial charge is 0.292 e. The zero-order chi connectivity index (χ0) is 15.7. The first-order valence-electron chi connectivity index (χ1n) is 7.65. The molecule has 0 saturated heterocycles. The second-order valence-corrected chi connectivity index (χ2v) is 5.33. The van der Waals surface area contributed by atoms with Crippen LogP contribution in [0.2, 0.25) is 0 Å². The molecule has 0 aliphatic carbocycles. The van der Waals surface area contributed by atoms with Gasteiger partial charge in [0.15, 0.2) is 0 Å². The number of nitro groups is 1. The number of benzene rings is 1. The standard InChI is InChI=1S/C16H26N2O3/c1-4-5-6-7-8-13(2)21-12-14-9-10-16(18(19)20)15(11-14)17-3/h9-11,13,17H,4-8,12H2,1-3H3. The van der Waals surface area contributed by atoms with E-state index in [0.717, 1.165) is 12.0 Å². The molecule has 0 aromatic heterocycles. The maximum atomic E-state index is 10.9. The molecule has 0 bridgehead atoms. The normalized spacial score (nSPS) is 12.1. The van der Waals surface area contributed by atoms with E-state index in [2.05, 4.69) is 19.2 Å². The van der Waals surface area contributed by atoms with Crippen LogP contribution in [0.25, 0.3) is 0 Å². The Morgan fingerprint density at radius 3 is 2.71 bits per heavy atom. The van der Waals surface area contributed by atoms with Crippen molar-refractivity contribution in [1.82, 2.24) is 0 Å². The van der Waals surface area contributed by atoms with Crippen molar-refractivity contribution in [3.05, 3.63) is 33.9 Å². The number of hydrogen-bond acceptors (Lipinski definition) is 4. The van der Waals surface area contributed by atoms with Crippen molar-refractivity contribution in [2.75, 3.05) is 12.4 Å². The summed E-state index contributed by atoms with van der Waals surface area (Å²) in [5.74, 6) is 0. The lowest BCUT2D eigenvalue weighted by Gasteiger charge is -2.13. The van der Waals surface area contributed by atoms with Crippen LogP contribution < -0.4 is 5.32 Å². The molecule has 0 heterocycles. The van der Waals surface area contributed by atoms with Crippen molar-refractivity contribution in [1.29, 1.82) is 0 Å². The predicted molar refractivity (Wildman–Crippen MR) is 85.7 cm³/mol. The molecule has 5 nitrogen and oxygen atoms in total. The zero-order valence-corrected chi connectivity index (χ0v) is 13.2. The quantitative estimate of drug-likeness (QED) is 0.391. The van der Waals surface area contributed by atoms with E-state index in [0.29, 0.717) is 12.3 Å². The summed E-state index contributed by atoms with van der Waals surface area (Å²) in [6, 6.07) is 5.06. The maximum absolute atomic E-state index is 10.9. The van der Waals surface area contributed by atoms with Crippen LogP contribution in [0, 0.1) is 10.1 Å². The number of anilines is 1. The van der Waals surface area contributed by atoms with Gasteiger partial charge < -0.3 is 10.1 Å². The summed E-state index contributed by atoms with van der Waals surface area (Å²) in [6.45, 7) is 4.77. The number of ether oxygens (including phenoxy) is 1. The summed E-state index contributed by atoms with van der Waals surface area (Å²) < 4.78 is 5.81. The molecule has 1 atom stereocenters. The molecule has 1 rings (SSSR count). The summed E-state index contributed by atoms with van der Waals surface area (Å²) in [4.78, 5) is 10.5. The maximum Gasteiger partial charge on any atom is 0.292 e. The van der Waals surface area contributed by atoms with Crippen LogP contribution in [0.3, 0.4) is 0 Å². The van der Waals surface area contributed by atoms with Crippen LogP contribution >= 0.6 is 0 Å². The first-order valence-corrected chi connectivity index (χ1v) is 7.65. The third kappa shape index (κ3) is 6.12. The van der Waals surface area contributed by atoms with Gasteiger partial charge in [-0.2, -0.15) is 0 Å². The molecule has 0 aliphatic heterocycles. The van der Waals surface area contributed by atoms with Gasteiger partial charge in [0.2, 0.25) is 0 Å². The van der Waals surface area contributed by atoms with Crippen molar-refractivity contribution in [2.24, 2.45) is 0 Å². The summed E-state index contributed by atoms with van der Waals surface area (Å²) in [5, 5.41) is 13.7. The number of rotatable bonds is 10. The number of nitrogens with one attached hydrogen (secondary N) is 1. The molecule has 1 unspecified atom stereocenters. The van der Waals surface area contributed by atoms with E-state index in [1.165, 1.54) is 31.7 Å². The lowest BCUT2D eigenvalue weighted by molar-refractivity contribution is -0.384. The molecule has 0 radical (unpaired) electrons.